The number of rotatable bonds is 7. The Balaban J connectivity index is 1.90. The highest BCUT2D eigenvalue weighted by Gasteiger charge is 2.50. The zero-order valence-corrected chi connectivity index (χ0v) is 18.9. The zero-order valence-electron chi connectivity index (χ0n) is 17.4. The Labute approximate surface area is 191 Å². The van der Waals surface area contributed by atoms with Crippen LogP contribution in [0.25, 0.3) is 0 Å². The van der Waals surface area contributed by atoms with E-state index in [1.807, 2.05) is 6.07 Å². The van der Waals surface area contributed by atoms with Crippen molar-refractivity contribution in [3.05, 3.63) is 58.4 Å². The number of nitriles is 1. The number of hydrogen-bond acceptors (Lipinski definition) is 4. The number of aryl methyl sites for hydroxylation is 1. The van der Waals surface area contributed by atoms with E-state index in [-0.39, 0.29) is 28.5 Å². The fraction of sp³-hybridized carbons (Fsp3) is 0.348. The number of benzene rings is 2. The first-order valence-electron chi connectivity index (χ1n) is 10.00. The molecule has 1 aliphatic rings. The van der Waals surface area contributed by atoms with Crippen LogP contribution in [0.4, 0.5) is 15.8 Å². The van der Waals surface area contributed by atoms with E-state index in [0.717, 1.165) is 12.8 Å². The highest BCUT2D eigenvalue weighted by atomic mass is 35.5. The van der Waals surface area contributed by atoms with Gasteiger partial charge in [0.05, 0.1) is 16.3 Å². The first-order valence-corrected chi connectivity index (χ1v) is 10.8. The van der Waals surface area contributed by atoms with Gasteiger partial charge in [-0.05, 0) is 81.2 Å². The summed E-state index contributed by atoms with van der Waals surface area (Å²) < 4.78 is 14.8. The summed E-state index contributed by atoms with van der Waals surface area (Å²) >= 11 is 11.8. The molecule has 0 unspecified atom stereocenters. The molecule has 1 heterocycles. The van der Waals surface area contributed by atoms with Crippen LogP contribution in [-0.2, 0) is 11.2 Å². The van der Waals surface area contributed by atoms with Gasteiger partial charge in [-0.25, -0.2) is 4.39 Å². The molecule has 1 N–H and O–H groups in total. The number of carbonyl (C=O) groups excluding carboxylic acids is 1. The predicted octanol–water partition coefficient (Wildman–Crippen LogP) is 4.97. The number of anilines is 2. The molecule has 0 bridgehead atoms. The molecule has 0 spiro atoms. The molecule has 2 aromatic rings. The van der Waals surface area contributed by atoms with Gasteiger partial charge in [0.25, 0.3) is 5.91 Å². The SMILES string of the molecule is CC1(C)C(=O)N(c2ccc(C#N)c(Cl)c2)C(=S)N1c1ccc(CCCCCO)c(F)c1. The number of unbranched alkanes of at least 4 members (excludes halogenated alkanes) is 2. The van der Waals surface area contributed by atoms with E-state index < -0.39 is 5.54 Å². The summed E-state index contributed by atoms with van der Waals surface area (Å²) in [4.78, 5) is 16.2. The Morgan fingerprint density at radius 3 is 2.48 bits per heavy atom. The van der Waals surface area contributed by atoms with Crippen LogP contribution in [0.15, 0.2) is 36.4 Å². The molecule has 3 rings (SSSR count). The smallest absolute Gasteiger partial charge is 0.259 e. The average molecular weight is 460 g/mol. The summed E-state index contributed by atoms with van der Waals surface area (Å²) in [5.41, 5.74) is 0.798. The van der Waals surface area contributed by atoms with Crippen molar-refractivity contribution >= 4 is 46.2 Å². The van der Waals surface area contributed by atoms with E-state index in [2.05, 4.69) is 0 Å². The maximum atomic E-state index is 14.8. The van der Waals surface area contributed by atoms with Crippen LogP contribution in [0, 0.1) is 17.1 Å². The van der Waals surface area contributed by atoms with E-state index in [1.165, 1.54) is 23.1 Å². The summed E-state index contributed by atoms with van der Waals surface area (Å²) in [6.07, 6.45) is 2.90. The summed E-state index contributed by atoms with van der Waals surface area (Å²) in [5, 5.41) is 18.4. The number of amides is 1. The van der Waals surface area contributed by atoms with Crippen molar-refractivity contribution in [2.75, 3.05) is 16.4 Å². The minimum Gasteiger partial charge on any atom is -0.396 e. The van der Waals surface area contributed by atoms with Crippen LogP contribution >= 0.6 is 23.8 Å². The summed E-state index contributed by atoms with van der Waals surface area (Å²) in [7, 11) is 0. The van der Waals surface area contributed by atoms with Gasteiger partial charge in [-0.1, -0.05) is 24.1 Å². The number of carbonyl (C=O) groups is 1. The summed E-state index contributed by atoms with van der Waals surface area (Å²) in [6, 6.07) is 11.5. The molecule has 0 radical (unpaired) electrons. The number of thiocarbonyl (C=S) groups is 1. The molecule has 0 saturated carbocycles. The van der Waals surface area contributed by atoms with Crippen LogP contribution < -0.4 is 9.80 Å². The van der Waals surface area contributed by atoms with Gasteiger partial charge in [0, 0.05) is 12.3 Å². The van der Waals surface area contributed by atoms with Crippen LogP contribution in [0.2, 0.25) is 5.02 Å². The fourth-order valence-electron chi connectivity index (χ4n) is 3.67. The molecule has 1 amide bonds. The molecular formula is C23H23ClFN3O2S. The molecule has 0 aliphatic carbocycles. The lowest BCUT2D eigenvalue weighted by Gasteiger charge is -2.29. The maximum absolute atomic E-state index is 14.8. The van der Waals surface area contributed by atoms with Gasteiger partial charge in [0.2, 0.25) is 0 Å². The second-order valence-electron chi connectivity index (χ2n) is 7.90. The molecule has 0 aromatic heterocycles. The Morgan fingerprint density at radius 2 is 1.87 bits per heavy atom. The van der Waals surface area contributed by atoms with Crippen molar-refractivity contribution in [1.29, 1.82) is 5.26 Å². The Bertz CT molecular complexity index is 1070. The zero-order chi connectivity index (χ0) is 22.8. The lowest BCUT2D eigenvalue weighted by molar-refractivity contribution is -0.120. The Kier molecular flexibility index (Phi) is 6.95. The van der Waals surface area contributed by atoms with Crippen molar-refractivity contribution in [1.82, 2.24) is 0 Å². The molecule has 162 valence electrons. The van der Waals surface area contributed by atoms with Gasteiger partial charge < -0.3 is 10.0 Å². The van der Waals surface area contributed by atoms with Crippen molar-refractivity contribution in [3.8, 4) is 6.07 Å². The van der Waals surface area contributed by atoms with E-state index in [0.29, 0.717) is 35.3 Å². The first-order chi connectivity index (χ1) is 14.7. The quantitative estimate of drug-likeness (QED) is 0.467. The van der Waals surface area contributed by atoms with Crippen molar-refractivity contribution < 1.29 is 14.3 Å². The van der Waals surface area contributed by atoms with Crippen molar-refractivity contribution in [3.63, 3.8) is 0 Å². The number of nitrogens with zero attached hydrogens (tertiary/aromatic N) is 3. The molecule has 31 heavy (non-hydrogen) atoms. The highest BCUT2D eigenvalue weighted by molar-refractivity contribution is 7.81. The normalized spacial score (nSPS) is 15.5. The number of aliphatic hydroxyl groups excluding tert-OH is 1. The van der Waals surface area contributed by atoms with Gasteiger partial charge in [-0.15, -0.1) is 0 Å². The average Bonchev–Trinajstić information content (AvgIpc) is 2.90. The summed E-state index contributed by atoms with van der Waals surface area (Å²) in [6.45, 7) is 3.60. The topological polar surface area (TPSA) is 67.6 Å². The van der Waals surface area contributed by atoms with E-state index in [4.69, 9.17) is 34.2 Å². The lowest BCUT2D eigenvalue weighted by atomic mass is 10.0. The Morgan fingerprint density at radius 1 is 1.16 bits per heavy atom. The van der Waals surface area contributed by atoms with Gasteiger partial charge >= 0.3 is 0 Å². The summed E-state index contributed by atoms with van der Waals surface area (Å²) in [5.74, 6) is -0.626. The monoisotopic (exact) mass is 459 g/mol. The third kappa shape index (κ3) is 4.42. The predicted molar refractivity (Wildman–Crippen MR) is 124 cm³/mol. The first kappa shape index (κ1) is 23.1. The third-order valence-corrected chi connectivity index (χ3v) is 6.08. The van der Waals surface area contributed by atoms with Crippen LogP contribution in [0.1, 0.15) is 44.2 Å². The van der Waals surface area contributed by atoms with Crippen LogP contribution in [0.5, 0.6) is 0 Å². The van der Waals surface area contributed by atoms with Gasteiger partial charge in [-0.3, -0.25) is 9.69 Å². The molecule has 8 heteroatoms. The lowest BCUT2D eigenvalue weighted by Crippen LogP contribution is -2.44. The van der Waals surface area contributed by atoms with Crippen LogP contribution in [0.3, 0.4) is 0 Å². The molecule has 5 nitrogen and oxygen atoms in total. The molecule has 1 saturated heterocycles. The minimum atomic E-state index is -1.04. The van der Waals surface area contributed by atoms with Crippen molar-refractivity contribution in [2.45, 2.75) is 45.1 Å². The van der Waals surface area contributed by atoms with Gasteiger partial charge in [0.1, 0.15) is 17.4 Å². The second-order valence-corrected chi connectivity index (χ2v) is 8.68. The van der Waals surface area contributed by atoms with E-state index in [1.54, 1.807) is 36.9 Å². The Hall–Kier alpha value is -2.53. The molecule has 1 fully saturated rings. The molecule has 0 atom stereocenters. The van der Waals surface area contributed by atoms with E-state index in [9.17, 15) is 9.18 Å². The maximum Gasteiger partial charge on any atom is 0.259 e. The third-order valence-electron chi connectivity index (χ3n) is 5.40. The van der Waals surface area contributed by atoms with Crippen molar-refractivity contribution in [2.24, 2.45) is 0 Å². The number of hydrogen-bond donors (Lipinski definition) is 1. The molecular weight excluding hydrogens is 437 g/mol. The van der Waals surface area contributed by atoms with Gasteiger partial charge in [-0.2, -0.15) is 5.26 Å². The highest BCUT2D eigenvalue weighted by Crippen LogP contribution is 2.37. The standard InChI is InChI=1S/C23H23ClFN3O2S/c1-23(2)21(30)27(17-9-8-16(14-26)19(24)12-17)22(31)28(23)18-10-7-15(20(25)13-18)6-4-3-5-11-29/h7-10,12-13,29H,3-6,11H2,1-2H3. The molecule has 1 aliphatic heterocycles. The number of aliphatic hydroxyl groups is 1. The largest absolute Gasteiger partial charge is 0.396 e. The second kappa shape index (κ2) is 9.31. The van der Waals surface area contributed by atoms with Crippen LogP contribution in [-0.4, -0.2) is 28.3 Å². The van der Waals surface area contributed by atoms with Gasteiger partial charge in [0.15, 0.2) is 5.11 Å². The van der Waals surface area contributed by atoms with E-state index >= 15 is 0 Å². The number of halogens is 2. The fourth-order valence-corrected chi connectivity index (χ4v) is 4.41. The minimum absolute atomic E-state index is 0.137. The molecule has 2 aromatic carbocycles.